The van der Waals surface area contributed by atoms with Crippen LogP contribution in [-0.4, -0.2) is 18.6 Å². The van der Waals surface area contributed by atoms with E-state index in [1.807, 2.05) is 54.7 Å². The summed E-state index contributed by atoms with van der Waals surface area (Å²) in [6.07, 6.45) is 7.03. The molecule has 0 bridgehead atoms. The SMILES string of the molecule is CCCOc1ccc(C=Nc2ccc(C=C3C(=O)[C@@H](C(C)C)CC[C@@H]3C)cc2)cc1. The van der Waals surface area contributed by atoms with Crippen molar-refractivity contribution in [2.24, 2.45) is 22.7 Å². The molecule has 1 saturated carbocycles. The highest BCUT2D eigenvalue weighted by Crippen LogP contribution is 2.35. The molecule has 0 amide bonds. The Morgan fingerprint density at radius 2 is 1.70 bits per heavy atom. The molecular weight excluding hydrogens is 370 g/mol. The maximum atomic E-state index is 12.9. The minimum Gasteiger partial charge on any atom is -0.494 e. The molecule has 0 N–H and O–H groups in total. The number of rotatable bonds is 7. The predicted octanol–water partition coefficient (Wildman–Crippen LogP) is 6.88. The largest absolute Gasteiger partial charge is 0.494 e. The molecule has 2 aromatic rings. The molecule has 0 aliphatic heterocycles. The molecule has 1 fully saturated rings. The molecule has 1 aliphatic rings. The van der Waals surface area contributed by atoms with Crippen LogP contribution < -0.4 is 4.74 Å². The van der Waals surface area contributed by atoms with E-state index < -0.39 is 0 Å². The van der Waals surface area contributed by atoms with E-state index in [4.69, 9.17) is 4.74 Å². The fourth-order valence-corrected chi connectivity index (χ4v) is 3.88. The van der Waals surface area contributed by atoms with Crippen molar-refractivity contribution in [1.82, 2.24) is 0 Å². The summed E-state index contributed by atoms with van der Waals surface area (Å²) in [5.74, 6) is 2.11. The standard InChI is InChI=1S/C27H33NO2/c1-5-16-30-24-13-9-22(10-14-24)18-28-23-11-7-21(8-12-23)17-26-20(4)6-15-25(19(2)3)27(26)29/h7-14,17-20,25H,5-6,15-16H2,1-4H3/t20-,25+/m0/s1. The zero-order valence-corrected chi connectivity index (χ0v) is 18.6. The van der Waals surface area contributed by atoms with Crippen LogP contribution >= 0.6 is 0 Å². The lowest BCUT2D eigenvalue weighted by atomic mass is 9.73. The summed E-state index contributed by atoms with van der Waals surface area (Å²) in [5, 5.41) is 0. The maximum Gasteiger partial charge on any atom is 0.162 e. The van der Waals surface area contributed by atoms with Crippen LogP contribution in [0.15, 0.2) is 59.1 Å². The van der Waals surface area contributed by atoms with Gasteiger partial charge in [-0.2, -0.15) is 0 Å². The molecule has 3 nitrogen and oxygen atoms in total. The highest BCUT2D eigenvalue weighted by atomic mass is 16.5. The van der Waals surface area contributed by atoms with E-state index in [2.05, 4.69) is 38.8 Å². The molecule has 0 radical (unpaired) electrons. The van der Waals surface area contributed by atoms with E-state index in [0.29, 0.717) is 17.6 Å². The lowest BCUT2D eigenvalue weighted by molar-refractivity contribution is -0.122. The van der Waals surface area contributed by atoms with Gasteiger partial charge in [-0.3, -0.25) is 9.79 Å². The molecule has 0 saturated heterocycles. The van der Waals surface area contributed by atoms with E-state index in [1.54, 1.807) is 0 Å². The van der Waals surface area contributed by atoms with Crippen molar-refractivity contribution < 1.29 is 9.53 Å². The van der Waals surface area contributed by atoms with Crippen LogP contribution in [0, 0.1) is 17.8 Å². The van der Waals surface area contributed by atoms with Gasteiger partial charge in [-0.05, 0) is 90.3 Å². The zero-order valence-electron chi connectivity index (χ0n) is 18.6. The molecule has 0 aromatic heterocycles. The van der Waals surface area contributed by atoms with Crippen LogP contribution in [0.4, 0.5) is 5.69 Å². The van der Waals surface area contributed by atoms with Crippen LogP contribution in [0.3, 0.4) is 0 Å². The Kier molecular flexibility index (Phi) is 7.62. The van der Waals surface area contributed by atoms with Crippen LogP contribution in [0.5, 0.6) is 5.75 Å². The summed E-state index contributed by atoms with van der Waals surface area (Å²) in [6.45, 7) is 9.29. The summed E-state index contributed by atoms with van der Waals surface area (Å²) < 4.78 is 5.61. The van der Waals surface area contributed by atoms with Gasteiger partial charge in [-0.1, -0.05) is 39.8 Å². The van der Waals surface area contributed by atoms with Crippen molar-refractivity contribution >= 4 is 23.8 Å². The van der Waals surface area contributed by atoms with Gasteiger partial charge in [0.25, 0.3) is 0 Å². The second-order valence-electron chi connectivity index (χ2n) is 8.56. The number of ketones is 1. The number of nitrogens with zero attached hydrogens (tertiary/aromatic N) is 1. The number of hydrogen-bond donors (Lipinski definition) is 0. The van der Waals surface area contributed by atoms with Gasteiger partial charge in [0.05, 0.1) is 12.3 Å². The fourth-order valence-electron chi connectivity index (χ4n) is 3.88. The molecule has 1 aliphatic carbocycles. The lowest BCUT2D eigenvalue weighted by Crippen LogP contribution is -2.30. The lowest BCUT2D eigenvalue weighted by Gasteiger charge is -2.30. The van der Waals surface area contributed by atoms with Gasteiger partial charge in [0.1, 0.15) is 5.75 Å². The highest BCUT2D eigenvalue weighted by molar-refractivity contribution is 6.02. The van der Waals surface area contributed by atoms with Crippen molar-refractivity contribution in [2.75, 3.05) is 6.61 Å². The van der Waals surface area contributed by atoms with Crippen molar-refractivity contribution in [3.05, 3.63) is 65.2 Å². The van der Waals surface area contributed by atoms with Crippen LogP contribution in [-0.2, 0) is 4.79 Å². The molecule has 30 heavy (non-hydrogen) atoms. The van der Waals surface area contributed by atoms with E-state index in [1.165, 1.54) is 0 Å². The third-order valence-electron chi connectivity index (χ3n) is 5.80. The average Bonchev–Trinajstić information content (AvgIpc) is 2.75. The molecule has 3 rings (SSSR count). The fraction of sp³-hybridized carbons (Fsp3) is 0.407. The smallest absolute Gasteiger partial charge is 0.162 e. The van der Waals surface area contributed by atoms with E-state index in [9.17, 15) is 4.79 Å². The second kappa shape index (κ2) is 10.4. The molecule has 0 heterocycles. The van der Waals surface area contributed by atoms with Crippen LogP contribution in [0.2, 0.25) is 0 Å². The first-order valence-electron chi connectivity index (χ1n) is 11.1. The van der Waals surface area contributed by atoms with E-state index in [-0.39, 0.29) is 5.92 Å². The highest BCUT2D eigenvalue weighted by Gasteiger charge is 2.32. The minimum absolute atomic E-state index is 0.162. The molecule has 2 aromatic carbocycles. The topological polar surface area (TPSA) is 38.7 Å². The summed E-state index contributed by atoms with van der Waals surface area (Å²) >= 11 is 0. The molecular formula is C27H33NO2. The van der Waals surface area contributed by atoms with E-state index in [0.717, 1.165) is 54.0 Å². The summed E-state index contributed by atoms with van der Waals surface area (Å²) in [7, 11) is 0. The molecule has 3 heteroatoms. The molecule has 0 spiro atoms. The Bertz CT molecular complexity index is 891. The third-order valence-corrected chi connectivity index (χ3v) is 5.80. The number of benzene rings is 2. The molecule has 2 atom stereocenters. The van der Waals surface area contributed by atoms with Crippen molar-refractivity contribution in [3.63, 3.8) is 0 Å². The first kappa shape index (κ1) is 22.0. The number of carbonyl (C=O) groups excluding carboxylic acids is 1. The Labute approximate surface area is 180 Å². The summed E-state index contributed by atoms with van der Waals surface area (Å²) in [4.78, 5) is 17.5. The van der Waals surface area contributed by atoms with Gasteiger partial charge >= 0.3 is 0 Å². The first-order chi connectivity index (χ1) is 14.5. The van der Waals surface area contributed by atoms with Crippen molar-refractivity contribution in [3.8, 4) is 5.75 Å². The zero-order chi connectivity index (χ0) is 21.5. The predicted molar refractivity (Wildman–Crippen MR) is 126 cm³/mol. The van der Waals surface area contributed by atoms with Gasteiger partial charge in [0, 0.05) is 12.1 Å². The van der Waals surface area contributed by atoms with Gasteiger partial charge < -0.3 is 4.74 Å². The quantitative estimate of drug-likeness (QED) is 0.373. The normalized spacial score (nSPS) is 21.0. The molecule has 0 unspecified atom stereocenters. The Balaban J connectivity index is 1.68. The number of ether oxygens (including phenoxy) is 1. The second-order valence-corrected chi connectivity index (χ2v) is 8.56. The number of allylic oxidation sites excluding steroid dienone is 1. The number of carbonyl (C=O) groups is 1. The average molecular weight is 404 g/mol. The first-order valence-corrected chi connectivity index (χ1v) is 11.1. The van der Waals surface area contributed by atoms with Crippen LogP contribution in [0.1, 0.15) is 58.1 Å². The van der Waals surface area contributed by atoms with Gasteiger partial charge in [-0.25, -0.2) is 0 Å². The van der Waals surface area contributed by atoms with Crippen molar-refractivity contribution in [2.45, 2.75) is 47.0 Å². The minimum atomic E-state index is 0.162. The Morgan fingerprint density at radius 3 is 2.33 bits per heavy atom. The van der Waals surface area contributed by atoms with Gasteiger partial charge in [-0.15, -0.1) is 0 Å². The maximum absolute atomic E-state index is 12.9. The number of aliphatic imine (C=N–C) groups is 1. The van der Waals surface area contributed by atoms with Crippen molar-refractivity contribution in [1.29, 1.82) is 0 Å². The third kappa shape index (κ3) is 5.69. The number of hydrogen-bond acceptors (Lipinski definition) is 3. The monoisotopic (exact) mass is 403 g/mol. The van der Waals surface area contributed by atoms with Gasteiger partial charge in [0.2, 0.25) is 0 Å². The Hall–Kier alpha value is -2.68. The number of Topliss-reactive ketones (excluding diaryl/α,β-unsaturated/α-hetero) is 1. The summed E-state index contributed by atoms with van der Waals surface area (Å²) in [6, 6.07) is 16.0. The van der Waals surface area contributed by atoms with E-state index >= 15 is 0 Å². The van der Waals surface area contributed by atoms with Gasteiger partial charge in [0.15, 0.2) is 5.78 Å². The Morgan fingerprint density at radius 1 is 1.03 bits per heavy atom. The van der Waals surface area contributed by atoms with Crippen LogP contribution in [0.25, 0.3) is 6.08 Å². The molecule has 158 valence electrons. The summed E-state index contributed by atoms with van der Waals surface area (Å²) in [5.41, 5.74) is 3.96.